The van der Waals surface area contributed by atoms with Crippen LogP contribution >= 0.6 is 36.2 Å². The van der Waals surface area contributed by atoms with E-state index >= 15 is 0 Å². The molecule has 1 heterocycles. The number of para-hydroxylation sites is 1. The number of nitrogens with one attached hydrogen (secondary N) is 1. The molecule has 4 atom stereocenters. The molecule has 2 aromatic rings. The molecule has 1 amide bonds. The van der Waals surface area contributed by atoms with Crippen molar-refractivity contribution < 1.29 is 4.79 Å². The summed E-state index contributed by atoms with van der Waals surface area (Å²) < 4.78 is 1.21. The molecule has 3 N–H and O–H groups in total. The van der Waals surface area contributed by atoms with Gasteiger partial charge in [0.1, 0.15) is 0 Å². The molecular formula is C23H31Cl2N3OS. The van der Waals surface area contributed by atoms with E-state index in [1.807, 2.05) is 6.07 Å². The summed E-state index contributed by atoms with van der Waals surface area (Å²) in [6, 6.07) is 8.91. The number of aromatic nitrogens is 1. The van der Waals surface area contributed by atoms with Crippen molar-refractivity contribution in [1.82, 2.24) is 10.3 Å². The summed E-state index contributed by atoms with van der Waals surface area (Å²) in [5.74, 6) is 1.53. The maximum atomic E-state index is 13.4. The number of amides is 1. The first-order chi connectivity index (χ1) is 13.7. The van der Waals surface area contributed by atoms with Crippen LogP contribution < -0.4 is 11.1 Å². The van der Waals surface area contributed by atoms with Crippen LogP contribution in [0.2, 0.25) is 0 Å². The van der Waals surface area contributed by atoms with Gasteiger partial charge in [-0.25, -0.2) is 4.98 Å². The molecule has 3 aliphatic rings. The first kappa shape index (κ1) is 23.5. The highest BCUT2D eigenvalue weighted by molar-refractivity contribution is 7.18. The summed E-state index contributed by atoms with van der Waals surface area (Å²) in [6.07, 6.45) is 11.9. The van der Waals surface area contributed by atoms with E-state index in [-0.39, 0.29) is 42.6 Å². The molecule has 2 saturated carbocycles. The molecule has 2 fully saturated rings. The summed E-state index contributed by atoms with van der Waals surface area (Å²) in [4.78, 5) is 18.2. The predicted molar refractivity (Wildman–Crippen MR) is 129 cm³/mol. The third-order valence-corrected chi connectivity index (χ3v) is 8.25. The van der Waals surface area contributed by atoms with Gasteiger partial charge >= 0.3 is 0 Å². The van der Waals surface area contributed by atoms with E-state index < -0.39 is 0 Å². The lowest BCUT2D eigenvalue weighted by atomic mass is 9.66. The van der Waals surface area contributed by atoms with Crippen molar-refractivity contribution in [3.63, 3.8) is 0 Å². The number of allylic oxidation sites excluding steroid dienone is 2. The van der Waals surface area contributed by atoms with Gasteiger partial charge in [-0.1, -0.05) is 30.7 Å². The Balaban J connectivity index is 0.00000128. The molecule has 0 aliphatic heterocycles. The van der Waals surface area contributed by atoms with Crippen molar-refractivity contribution in [2.75, 3.05) is 0 Å². The quantitative estimate of drug-likeness (QED) is 0.608. The van der Waals surface area contributed by atoms with Gasteiger partial charge in [-0.2, -0.15) is 0 Å². The zero-order valence-corrected chi connectivity index (χ0v) is 19.5. The van der Waals surface area contributed by atoms with Crippen molar-refractivity contribution >= 4 is 52.3 Å². The average Bonchev–Trinajstić information content (AvgIpc) is 3.13. The topological polar surface area (TPSA) is 68.0 Å². The lowest BCUT2D eigenvalue weighted by Crippen LogP contribution is -2.55. The van der Waals surface area contributed by atoms with E-state index in [4.69, 9.17) is 10.7 Å². The summed E-state index contributed by atoms with van der Waals surface area (Å²) in [5, 5.41) is 4.60. The number of fused-ring (bicyclic) bond motifs is 3. The van der Waals surface area contributed by atoms with E-state index in [1.165, 1.54) is 24.0 Å². The van der Waals surface area contributed by atoms with E-state index in [2.05, 4.69) is 35.7 Å². The molecular weight excluding hydrogens is 437 g/mol. The Morgan fingerprint density at radius 1 is 1.07 bits per heavy atom. The van der Waals surface area contributed by atoms with Gasteiger partial charge in [-0.3, -0.25) is 4.79 Å². The predicted octanol–water partition coefficient (Wildman–Crippen LogP) is 5.21. The smallest absolute Gasteiger partial charge is 0.224 e. The molecule has 1 aromatic heterocycles. The fourth-order valence-corrected chi connectivity index (χ4v) is 6.87. The van der Waals surface area contributed by atoms with Gasteiger partial charge in [0.05, 0.1) is 21.1 Å². The SMILES string of the molecule is Cl.Cl.NC1CC2CCCC(C1)C2NC(=O)C1CC=CCC1c1nc2ccccc2s1. The number of rotatable bonds is 3. The fraction of sp³-hybridized carbons (Fsp3) is 0.565. The first-order valence-electron chi connectivity index (χ1n) is 10.8. The average molecular weight is 468 g/mol. The largest absolute Gasteiger partial charge is 0.353 e. The second-order valence-electron chi connectivity index (χ2n) is 8.89. The van der Waals surface area contributed by atoms with Crippen LogP contribution in [-0.4, -0.2) is 23.0 Å². The Kier molecular flexibility index (Phi) is 7.83. The van der Waals surface area contributed by atoms with Crippen LogP contribution in [0.25, 0.3) is 10.2 Å². The van der Waals surface area contributed by atoms with Crippen molar-refractivity contribution in [1.29, 1.82) is 0 Å². The Hall–Kier alpha value is -1.14. The van der Waals surface area contributed by atoms with Crippen LogP contribution in [0.1, 0.15) is 55.9 Å². The molecule has 30 heavy (non-hydrogen) atoms. The molecule has 7 heteroatoms. The van der Waals surface area contributed by atoms with E-state index in [0.29, 0.717) is 23.9 Å². The number of hydrogen-bond acceptors (Lipinski definition) is 4. The summed E-state index contributed by atoms with van der Waals surface area (Å²) >= 11 is 1.75. The van der Waals surface area contributed by atoms with Crippen molar-refractivity contribution in [2.45, 2.75) is 62.9 Å². The zero-order valence-electron chi connectivity index (χ0n) is 17.0. The second kappa shape index (κ2) is 9.99. The Bertz CT molecular complexity index is 854. The van der Waals surface area contributed by atoms with E-state index in [1.54, 1.807) is 11.3 Å². The highest BCUT2D eigenvalue weighted by Gasteiger charge is 2.41. The number of thiazole rings is 1. The standard InChI is InChI=1S/C23H29N3OS.2ClH/c24-16-12-14-6-5-7-15(13-16)21(14)26-22(27)17-8-1-2-9-18(17)23-25-19-10-3-4-11-20(19)28-23;;/h1-4,10-11,14-18,21H,5-9,12-13,24H2,(H,26,27);2*1H. The van der Waals surface area contributed by atoms with Gasteiger partial charge in [0.25, 0.3) is 0 Å². The number of hydrogen-bond donors (Lipinski definition) is 2. The number of benzene rings is 1. The number of nitrogens with zero attached hydrogens (tertiary/aromatic N) is 1. The van der Waals surface area contributed by atoms with Crippen LogP contribution in [0, 0.1) is 17.8 Å². The second-order valence-corrected chi connectivity index (χ2v) is 9.95. The summed E-state index contributed by atoms with van der Waals surface area (Å²) in [7, 11) is 0. The molecule has 1 aromatic carbocycles. The number of halogens is 2. The Morgan fingerprint density at radius 2 is 1.77 bits per heavy atom. The summed E-state index contributed by atoms with van der Waals surface area (Å²) in [5.41, 5.74) is 7.32. The molecule has 164 valence electrons. The van der Waals surface area contributed by atoms with Gasteiger partial charge in [-0.05, 0) is 62.5 Å². The van der Waals surface area contributed by atoms with E-state index in [0.717, 1.165) is 36.2 Å². The number of carbonyl (C=O) groups excluding carboxylic acids is 1. The lowest BCUT2D eigenvalue weighted by molar-refractivity contribution is -0.128. The number of nitrogens with two attached hydrogens (primary N) is 1. The molecule has 4 unspecified atom stereocenters. The van der Waals surface area contributed by atoms with Gasteiger partial charge in [-0.15, -0.1) is 36.2 Å². The molecule has 4 nitrogen and oxygen atoms in total. The molecule has 2 bridgehead atoms. The molecule has 0 saturated heterocycles. The highest BCUT2D eigenvalue weighted by atomic mass is 35.5. The molecule has 0 spiro atoms. The Morgan fingerprint density at radius 3 is 2.50 bits per heavy atom. The first-order valence-corrected chi connectivity index (χ1v) is 11.6. The van der Waals surface area contributed by atoms with Crippen LogP contribution in [0.15, 0.2) is 36.4 Å². The Labute approximate surface area is 194 Å². The third-order valence-electron chi connectivity index (χ3n) is 7.08. The highest BCUT2D eigenvalue weighted by Crippen LogP contribution is 2.42. The van der Waals surface area contributed by atoms with Gasteiger partial charge < -0.3 is 11.1 Å². The monoisotopic (exact) mass is 467 g/mol. The fourth-order valence-electron chi connectivity index (χ4n) is 5.72. The van der Waals surface area contributed by atoms with Crippen LogP contribution in [0.4, 0.5) is 0 Å². The van der Waals surface area contributed by atoms with Crippen molar-refractivity contribution in [2.24, 2.45) is 23.5 Å². The molecule has 3 aliphatic carbocycles. The zero-order chi connectivity index (χ0) is 19.1. The van der Waals surface area contributed by atoms with Crippen molar-refractivity contribution in [3.8, 4) is 0 Å². The minimum Gasteiger partial charge on any atom is -0.353 e. The van der Waals surface area contributed by atoms with Gasteiger partial charge in [0.2, 0.25) is 5.91 Å². The van der Waals surface area contributed by atoms with Crippen LogP contribution in [0.5, 0.6) is 0 Å². The lowest BCUT2D eigenvalue weighted by Gasteiger charge is -2.45. The van der Waals surface area contributed by atoms with Crippen LogP contribution in [-0.2, 0) is 4.79 Å². The van der Waals surface area contributed by atoms with E-state index in [9.17, 15) is 4.79 Å². The summed E-state index contributed by atoms with van der Waals surface area (Å²) in [6.45, 7) is 0. The molecule has 0 radical (unpaired) electrons. The number of carbonyl (C=O) groups is 1. The maximum Gasteiger partial charge on any atom is 0.224 e. The minimum absolute atomic E-state index is 0. The molecule has 5 rings (SSSR count). The minimum atomic E-state index is -0.0121. The van der Waals surface area contributed by atoms with Crippen molar-refractivity contribution in [3.05, 3.63) is 41.4 Å². The third kappa shape index (κ3) is 4.55. The van der Waals surface area contributed by atoms with Gasteiger partial charge in [0, 0.05) is 18.0 Å². The maximum absolute atomic E-state index is 13.4. The van der Waals surface area contributed by atoms with Gasteiger partial charge in [0.15, 0.2) is 0 Å². The van der Waals surface area contributed by atoms with Crippen LogP contribution in [0.3, 0.4) is 0 Å². The normalized spacial score (nSPS) is 32.7.